The quantitative estimate of drug-likeness (QED) is 0.480. The number of amidine groups is 1. The number of nitrogens with one attached hydrogen (secondary N) is 1. The van der Waals surface area contributed by atoms with Crippen molar-refractivity contribution in [2.24, 2.45) is 17.1 Å². The molecule has 0 aromatic carbocycles. The first-order chi connectivity index (χ1) is 8.05. The van der Waals surface area contributed by atoms with Gasteiger partial charge in [0.15, 0.2) is 0 Å². The van der Waals surface area contributed by atoms with E-state index in [-0.39, 0.29) is 0 Å². The molecule has 0 saturated heterocycles. The van der Waals surface area contributed by atoms with Crippen LogP contribution in [0.1, 0.15) is 52.9 Å². The van der Waals surface area contributed by atoms with E-state index in [4.69, 9.17) is 11.1 Å². The highest BCUT2D eigenvalue weighted by atomic mass is 15.1. The molecular weight excluding hydrogens is 210 g/mol. The van der Waals surface area contributed by atoms with Crippen molar-refractivity contribution in [1.82, 2.24) is 4.90 Å². The number of hydrogen-bond acceptors (Lipinski definition) is 2. The minimum Gasteiger partial charge on any atom is -0.388 e. The lowest BCUT2D eigenvalue weighted by Crippen LogP contribution is -2.35. The summed E-state index contributed by atoms with van der Waals surface area (Å²) >= 11 is 0. The van der Waals surface area contributed by atoms with Gasteiger partial charge in [-0.2, -0.15) is 0 Å². The Morgan fingerprint density at radius 3 is 2.24 bits per heavy atom. The minimum atomic E-state index is 0.355. The average molecular weight is 239 g/mol. The highest BCUT2D eigenvalue weighted by Gasteiger charge is 2.44. The van der Waals surface area contributed by atoms with Crippen LogP contribution < -0.4 is 5.73 Å². The number of hydrogen-bond donors (Lipinski definition) is 2. The van der Waals surface area contributed by atoms with Crippen LogP contribution in [0.3, 0.4) is 0 Å². The molecule has 3 nitrogen and oxygen atoms in total. The predicted molar refractivity (Wildman–Crippen MR) is 74.4 cm³/mol. The second-order valence-electron chi connectivity index (χ2n) is 5.71. The molecule has 0 aromatic heterocycles. The summed E-state index contributed by atoms with van der Waals surface area (Å²) in [6.07, 6.45) is 5.85. The number of nitrogens with two attached hydrogens (primary N) is 1. The summed E-state index contributed by atoms with van der Waals surface area (Å²) in [5.41, 5.74) is 5.91. The summed E-state index contributed by atoms with van der Waals surface area (Å²) in [4.78, 5) is 2.56. The van der Waals surface area contributed by atoms with Gasteiger partial charge in [0.05, 0.1) is 5.84 Å². The van der Waals surface area contributed by atoms with Crippen molar-refractivity contribution in [3.63, 3.8) is 0 Å². The molecule has 0 radical (unpaired) electrons. The lowest BCUT2D eigenvalue weighted by atomic mass is 9.98. The maximum Gasteiger partial charge on any atom is 0.0911 e. The number of nitrogens with zero attached hydrogens (tertiary/aromatic N) is 1. The monoisotopic (exact) mass is 239 g/mol. The van der Waals surface area contributed by atoms with Gasteiger partial charge < -0.3 is 10.6 Å². The summed E-state index contributed by atoms with van der Waals surface area (Å²) in [5.74, 6) is 1.18. The van der Waals surface area contributed by atoms with Crippen molar-refractivity contribution >= 4 is 5.84 Å². The summed E-state index contributed by atoms with van der Waals surface area (Å²) in [6.45, 7) is 10.3. The molecule has 3 N–H and O–H groups in total. The molecule has 0 heterocycles. The van der Waals surface area contributed by atoms with Crippen LogP contribution in [0.25, 0.3) is 0 Å². The third-order valence-corrected chi connectivity index (χ3v) is 4.20. The molecule has 1 aliphatic carbocycles. The van der Waals surface area contributed by atoms with Gasteiger partial charge in [-0.3, -0.25) is 5.41 Å². The van der Waals surface area contributed by atoms with Crippen LogP contribution >= 0.6 is 0 Å². The van der Waals surface area contributed by atoms with Gasteiger partial charge in [0.25, 0.3) is 0 Å². The van der Waals surface area contributed by atoms with E-state index in [2.05, 4.69) is 25.7 Å². The van der Waals surface area contributed by atoms with Gasteiger partial charge in [-0.15, -0.1) is 0 Å². The topological polar surface area (TPSA) is 53.1 Å². The van der Waals surface area contributed by atoms with Crippen molar-refractivity contribution in [2.45, 2.75) is 52.9 Å². The molecule has 1 rings (SSSR count). The van der Waals surface area contributed by atoms with E-state index in [1.54, 1.807) is 0 Å². The first-order valence-corrected chi connectivity index (χ1v) is 7.10. The van der Waals surface area contributed by atoms with E-state index in [1.807, 2.05) is 0 Å². The molecule has 3 heteroatoms. The minimum absolute atomic E-state index is 0.355. The average Bonchev–Trinajstić information content (AvgIpc) is 3.03. The molecule has 0 atom stereocenters. The van der Waals surface area contributed by atoms with Crippen LogP contribution in [0.5, 0.6) is 0 Å². The molecule has 0 aromatic rings. The summed E-state index contributed by atoms with van der Waals surface area (Å²) < 4.78 is 0. The third kappa shape index (κ3) is 4.66. The Hall–Kier alpha value is -0.570. The Labute approximate surface area is 106 Å². The van der Waals surface area contributed by atoms with Crippen LogP contribution in [-0.2, 0) is 0 Å². The predicted octanol–water partition coefficient (Wildman–Crippen LogP) is 2.85. The van der Waals surface area contributed by atoms with Gasteiger partial charge >= 0.3 is 0 Å². The lowest BCUT2D eigenvalue weighted by Gasteiger charge is -2.29. The fraction of sp³-hybridized carbons (Fsp3) is 0.929. The van der Waals surface area contributed by atoms with Crippen molar-refractivity contribution in [2.75, 3.05) is 19.6 Å². The zero-order valence-electron chi connectivity index (χ0n) is 11.8. The van der Waals surface area contributed by atoms with E-state index in [9.17, 15) is 0 Å². The van der Waals surface area contributed by atoms with Crippen molar-refractivity contribution in [3.05, 3.63) is 0 Å². The first-order valence-electron chi connectivity index (χ1n) is 7.10. The molecule has 0 unspecified atom stereocenters. The molecule has 0 bridgehead atoms. The Balaban J connectivity index is 2.43. The maximum absolute atomic E-state index is 7.46. The normalized spacial score (nSPS) is 17.7. The molecule has 1 aliphatic rings. The summed E-state index contributed by atoms with van der Waals surface area (Å²) in [5, 5.41) is 7.46. The van der Waals surface area contributed by atoms with E-state index in [0.717, 1.165) is 25.4 Å². The highest BCUT2D eigenvalue weighted by molar-refractivity contribution is 5.78. The maximum atomic E-state index is 7.46. The lowest BCUT2D eigenvalue weighted by molar-refractivity contribution is 0.194. The van der Waals surface area contributed by atoms with Crippen molar-refractivity contribution in [3.8, 4) is 0 Å². The Morgan fingerprint density at radius 2 is 1.88 bits per heavy atom. The highest BCUT2D eigenvalue weighted by Crippen LogP contribution is 2.49. The van der Waals surface area contributed by atoms with Gasteiger partial charge in [-0.1, -0.05) is 33.6 Å². The zero-order chi connectivity index (χ0) is 12.9. The molecule has 17 heavy (non-hydrogen) atoms. The summed E-state index contributed by atoms with van der Waals surface area (Å²) in [7, 11) is 0. The molecule has 1 fully saturated rings. The van der Waals surface area contributed by atoms with E-state index >= 15 is 0 Å². The van der Waals surface area contributed by atoms with Gasteiger partial charge in [-0.25, -0.2) is 0 Å². The Bertz CT molecular complexity index is 242. The molecule has 100 valence electrons. The van der Waals surface area contributed by atoms with Crippen molar-refractivity contribution in [1.29, 1.82) is 5.41 Å². The van der Waals surface area contributed by atoms with Gasteiger partial charge in [-0.05, 0) is 30.7 Å². The zero-order valence-corrected chi connectivity index (χ0v) is 11.8. The number of rotatable bonds is 9. The summed E-state index contributed by atoms with van der Waals surface area (Å²) in [6, 6.07) is 0. The standard InChI is InChI=1S/C14H29N3/c1-4-12(5-2)10-17(6-3)11-14(7-8-14)9-13(15)16/h12H,4-11H2,1-3H3,(H3,15,16). The largest absolute Gasteiger partial charge is 0.388 e. The van der Waals surface area contributed by atoms with E-state index in [1.165, 1.54) is 32.2 Å². The molecule has 0 spiro atoms. The molecule has 0 aliphatic heterocycles. The van der Waals surface area contributed by atoms with Crippen LogP contribution in [0.2, 0.25) is 0 Å². The van der Waals surface area contributed by atoms with Gasteiger partial charge in [0, 0.05) is 19.5 Å². The van der Waals surface area contributed by atoms with Crippen LogP contribution in [0.4, 0.5) is 0 Å². The van der Waals surface area contributed by atoms with Crippen LogP contribution in [0.15, 0.2) is 0 Å². The Morgan fingerprint density at radius 1 is 1.29 bits per heavy atom. The van der Waals surface area contributed by atoms with E-state index < -0.39 is 0 Å². The fourth-order valence-corrected chi connectivity index (χ4v) is 2.66. The Kier molecular flexibility index (Phi) is 5.44. The second kappa shape index (κ2) is 6.39. The van der Waals surface area contributed by atoms with Crippen LogP contribution in [-0.4, -0.2) is 30.4 Å². The third-order valence-electron chi connectivity index (χ3n) is 4.20. The molecular formula is C14H29N3. The molecule has 0 amide bonds. The first kappa shape index (κ1) is 14.5. The fourth-order valence-electron chi connectivity index (χ4n) is 2.66. The smallest absolute Gasteiger partial charge is 0.0911 e. The van der Waals surface area contributed by atoms with Gasteiger partial charge in [0.1, 0.15) is 0 Å². The second-order valence-corrected chi connectivity index (χ2v) is 5.71. The van der Waals surface area contributed by atoms with Crippen LogP contribution in [0, 0.1) is 16.7 Å². The van der Waals surface area contributed by atoms with E-state index in [0.29, 0.717) is 11.3 Å². The van der Waals surface area contributed by atoms with Crippen molar-refractivity contribution < 1.29 is 0 Å². The SMILES string of the molecule is CCC(CC)CN(CC)CC1(CC(=N)N)CC1. The van der Waals surface area contributed by atoms with Gasteiger partial charge in [0.2, 0.25) is 0 Å². The molecule has 1 saturated carbocycles.